The number of β-amino-alcohol motifs (C(OH)–C–C–N with tert-alkyl or cyclic N) is 1. The predicted molar refractivity (Wildman–Crippen MR) is 76.9 cm³/mol. The number of hydrogen-bond donors (Lipinski definition) is 2. The summed E-state index contributed by atoms with van der Waals surface area (Å²) < 4.78 is 5.41. The van der Waals surface area contributed by atoms with E-state index < -0.39 is 17.7 Å². The Morgan fingerprint density at radius 2 is 2.00 bits per heavy atom. The molecule has 1 saturated heterocycles. The fourth-order valence-electron chi connectivity index (χ4n) is 2.13. The van der Waals surface area contributed by atoms with Gasteiger partial charge in [0.25, 0.3) is 5.91 Å². The van der Waals surface area contributed by atoms with Gasteiger partial charge in [-0.05, 0) is 25.5 Å². The third kappa shape index (κ3) is 3.33. The first-order valence-electron chi connectivity index (χ1n) is 6.96. The van der Waals surface area contributed by atoms with E-state index in [1.54, 1.807) is 19.1 Å². The number of nitrogens with zero attached hydrogens (tertiary/aromatic N) is 1. The lowest BCUT2D eigenvalue weighted by Gasteiger charge is -2.21. The van der Waals surface area contributed by atoms with E-state index in [1.165, 1.54) is 0 Å². The topological polar surface area (TPSA) is 78.9 Å². The van der Waals surface area contributed by atoms with Crippen LogP contribution in [0.25, 0.3) is 0 Å². The van der Waals surface area contributed by atoms with Gasteiger partial charge in [0, 0.05) is 0 Å². The minimum absolute atomic E-state index is 0.0178. The van der Waals surface area contributed by atoms with Gasteiger partial charge < -0.3 is 15.2 Å². The van der Waals surface area contributed by atoms with E-state index in [-0.39, 0.29) is 19.1 Å². The molecule has 1 fully saturated rings. The van der Waals surface area contributed by atoms with Gasteiger partial charge in [-0.15, -0.1) is 0 Å². The summed E-state index contributed by atoms with van der Waals surface area (Å²) in [6, 6.07) is 8.59. The van der Waals surface area contributed by atoms with Gasteiger partial charge in [0.05, 0.1) is 6.54 Å². The van der Waals surface area contributed by atoms with E-state index in [9.17, 15) is 14.7 Å². The van der Waals surface area contributed by atoms with Crippen molar-refractivity contribution >= 4 is 11.9 Å². The van der Waals surface area contributed by atoms with Crippen LogP contribution >= 0.6 is 0 Å². The first-order chi connectivity index (χ1) is 9.96. The van der Waals surface area contributed by atoms with Crippen LogP contribution in [0.15, 0.2) is 30.3 Å². The van der Waals surface area contributed by atoms with E-state index in [2.05, 4.69) is 5.32 Å². The maximum Gasteiger partial charge on any atom is 0.325 e. The lowest BCUT2D eigenvalue weighted by Crippen LogP contribution is -2.44. The van der Waals surface area contributed by atoms with Crippen molar-refractivity contribution in [1.82, 2.24) is 10.2 Å². The number of hydrogen-bond acceptors (Lipinski definition) is 4. The largest absolute Gasteiger partial charge is 0.491 e. The molecule has 0 aromatic heterocycles. The second-order valence-electron chi connectivity index (χ2n) is 5.31. The fraction of sp³-hybridized carbons (Fsp3) is 0.467. The SMILES string of the molecule is CCC1(C)NC(=O)N(CC(O)COc2ccccc2)C1=O. The number of nitrogens with one attached hydrogen (secondary N) is 1. The third-order valence-corrected chi connectivity index (χ3v) is 3.63. The molecular weight excluding hydrogens is 272 g/mol. The molecule has 1 aromatic carbocycles. The highest BCUT2D eigenvalue weighted by atomic mass is 16.5. The number of imide groups is 1. The molecule has 0 bridgehead atoms. The van der Waals surface area contributed by atoms with Crippen molar-refractivity contribution in [3.05, 3.63) is 30.3 Å². The highest BCUT2D eigenvalue weighted by Gasteiger charge is 2.46. The Balaban J connectivity index is 1.89. The number of carbonyl (C=O) groups excluding carboxylic acids is 2. The number of amides is 3. The van der Waals surface area contributed by atoms with Crippen molar-refractivity contribution in [2.45, 2.75) is 31.9 Å². The van der Waals surface area contributed by atoms with Crippen LogP contribution < -0.4 is 10.1 Å². The Morgan fingerprint density at radius 1 is 1.33 bits per heavy atom. The molecule has 0 saturated carbocycles. The molecule has 1 aromatic rings. The van der Waals surface area contributed by atoms with Gasteiger partial charge in [-0.25, -0.2) is 4.79 Å². The van der Waals surface area contributed by atoms with Crippen LogP contribution in [0.1, 0.15) is 20.3 Å². The molecule has 6 nitrogen and oxygen atoms in total. The normalized spacial score (nSPS) is 23.1. The van der Waals surface area contributed by atoms with E-state index in [0.29, 0.717) is 12.2 Å². The Kier molecular flexibility index (Phi) is 4.47. The average molecular weight is 292 g/mol. The van der Waals surface area contributed by atoms with Crippen LogP contribution in [-0.4, -0.2) is 46.7 Å². The van der Waals surface area contributed by atoms with Gasteiger partial charge >= 0.3 is 6.03 Å². The van der Waals surface area contributed by atoms with Crippen molar-refractivity contribution in [2.75, 3.05) is 13.2 Å². The van der Waals surface area contributed by atoms with E-state index in [4.69, 9.17) is 4.74 Å². The first kappa shape index (κ1) is 15.3. The maximum absolute atomic E-state index is 12.2. The van der Waals surface area contributed by atoms with Crippen molar-refractivity contribution in [2.24, 2.45) is 0 Å². The number of ether oxygens (including phenoxy) is 1. The molecule has 0 radical (unpaired) electrons. The summed E-state index contributed by atoms with van der Waals surface area (Å²) >= 11 is 0. The highest BCUT2D eigenvalue weighted by Crippen LogP contribution is 2.21. The van der Waals surface area contributed by atoms with Crippen LogP contribution in [0.2, 0.25) is 0 Å². The summed E-state index contributed by atoms with van der Waals surface area (Å²) in [5.41, 5.74) is -0.878. The summed E-state index contributed by atoms with van der Waals surface area (Å²) in [6.45, 7) is 3.45. The number of rotatable bonds is 6. The molecule has 0 aliphatic carbocycles. The summed E-state index contributed by atoms with van der Waals surface area (Å²) in [5, 5.41) is 12.6. The Hall–Kier alpha value is -2.08. The van der Waals surface area contributed by atoms with Crippen LogP contribution in [0.4, 0.5) is 4.79 Å². The first-order valence-corrected chi connectivity index (χ1v) is 6.96. The van der Waals surface area contributed by atoms with Crippen LogP contribution in [-0.2, 0) is 4.79 Å². The molecule has 0 spiro atoms. The zero-order chi connectivity index (χ0) is 15.5. The summed E-state index contributed by atoms with van der Waals surface area (Å²) in [6.07, 6.45) is -0.427. The molecule has 2 rings (SSSR count). The number of benzene rings is 1. The summed E-state index contributed by atoms with van der Waals surface area (Å²) in [5.74, 6) is 0.320. The molecule has 2 atom stereocenters. The zero-order valence-corrected chi connectivity index (χ0v) is 12.2. The van der Waals surface area contributed by atoms with Crippen molar-refractivity contribution < 1.29 is 19.4 Å². The van der Waals surface area contributed by atoms with Gasteiger partial charge in [-0.2, -0.15) is 0 Å². The smallest absolute Gasteiger partial charge is 0.325 e. The Labute approximate surface area is 123 Å². The third-order valence-electron chi connectivity index (χ3n) is 3.63. The molecular formula is C15H20N2O4. The number of urea groups is 1. The van der Waals surface area contributed by atoms with Crippen LogP contribution in [0, 0.1) is 0 Å². The molecule has 2 unspecified atom stereocenters. The van der Waals surface area contributed by atoms with Gasteiger partial charge in [0.2, 0.25) is 0 Å². The molecule has 1 aliphatic heterocycles. The summed E-state index contributed by atoms with van der Waals surface area (Å²) in [7, 11) is 0. The highest BCUT2D eigenvalue weighted by molar-refractivity contribution is 6.06. The Bertz CT molecular complexity index is 520. The minimum atomic E-state index is -0.931. The van der Waals surface area contributed by atoms with E-state index >= 15 is 0 Å². The minimum Gasteiger partial charge on any atom is -0.491 e. The molecule has 21 heavy (non-hydrogen) atoms. The average Bonchev–Trinajstić information content (AvgIpc) is 2.70. The molecule has 2 N–H and O–H groups in total. The van der Waals surface area contributed by atoms with Crippen LogP contribution in [0.5, 0.6) is 5.75 Å². The monoisotopic (exact) mass is 292 g/mol. The molecule has 1 heterocycles. The second kappa shape index (κ2) is 6.13. The fourth-order valence-corrected chi connectivity index (χ4v) is 2.13. The maximum atomic E-state index is 12.2. The molecule has 6 heteroatoms. The van der Waals surface area contributed by atoms with E-state index in [0.717, 1.165) is 4.90 Å². The zero-order valence-electron chi connectivity index (χ0n) is 12.2. The van der Waals surface area contributed by atoms with Crippen LogP contribution in [0.3, 0.4) is 0 Å². The van der Waals surface area contributed by atoms with Gasteiger partial charge in [0.1, 0.15) is 24.0 Å². The number of aliphatic hydroxyl groups is 1. The van der Waals surface area contributed by atoms with Crippen molar-refractivity contribution in [1.29, 1.82) is 0 Å². The number of aliphatic hydroxyl groups excluding tert-OH is 1. The summed E-state index contributed by atoms with van der Waals surface area (Å²) in [4.78, 5) is 25.0. The van der Waals surface area contributed by atoms with Gasteiger partial charge in [-0.1, -0.05) is 25.1 Å². The van der Waals surface area contributed by atoms with Gasteiger partial charge in [-0.3, -0.25) is 9.69 Å². The van der Waals surface area contributed by atoms with Crippen molar-refractivity contribution in [3.8, 4) is 5.75 Å². The van der Waals surface area contributed by atoms with Gasteiger partial charge in [0.15, 0.2) is 0 Å². The molecule has 114 valence electrons. The Morgan fingerprint density at radius 3 is 2.57 bits per heavy atom. The molecule has 1 aliphatic rings. The van der Waals surface area contributed by atoms with E-state index in [1.807, 2.05) is 25.1 Å². The number of para-hydroxylation sites is 1. The predicted octanol–water partition coefficient (Wildman–Crippen LogP) is 1.15. The second-order valence-corrected chi connectivity index (χ2v) is 5.31. The van der Waals surface area contributed by atoms with Crippen molar-refractivity contribution in [3.63, 3.8) is 0 Å². The molecule has 3 amide bonds. The standard InChI is InChI=1S/C15H20N2O4/c1-3-15(2)13(19)17(14(20)16-15)9-11(18)10-21-12-7-5-4-6-8-12/h4-8,11,18H,3,9-10H2,1-2H3,(H,16,20). The quantitative estimate of drug-likeness (QED) is 0.771. The lowest BCUT2D eigenvalue weighted by molar-refractivity contribution is -0.132. The number of carbonyl (C=O) groups is 2. The lowest BCUT2D eigenvalue weighted by atomic mass is 9.99.